The Morgan fingerprint density at radius 3 is 2.74 bits per heavy atom. The Balaban J connectivity index is 1.53. The summed E-state index contributed by atoms with van der Waals surface area (Å²) in [5, 5.41) is 10.2. The molecule has 1 fully saturated rings. The monoisotopic (exact) mass is 312 g/mol. The number of likely N-dealkylation sites (tertiary alicyclic amines) is 1. The number of rotatable bonds is 6. The molecule has 2 aromatic rings. The number of piperidine rings is 1. The number of benzene rings is 1. The van der Waals surface area contributed by atoms with E-state index in [9.17, 15) is 5.11 Å². The fourth-order valence-corrected chi connectivity index (χ4v) is 2.96. The molecule has 0 bridgehead atoms. The maximum absolute atomic E-state index is 10.2. The van der Waals surface area contributed by atoms with Crippen LogP contribution in [0.4, 0.5) is 0 Å². The number of aromatic nitrogens is 1. The van der Waals surface area contributed by atoms with Crippen molar-refractivity contribution in [2.75, 3.05) is 26.2 Å². The highest BCUT2D eigenvalue weighted by Gasteiger charge is 2.15. The third kappa shape index (κ3) is 4.78. The van der Waals surface area contributed by atoms with Gasteiger partial charge in [0.1, 0.15) is 18.5 Å². The first kappa shape index (κ1) is 16.0. The van der Waals surface area contributed by atoms with Crippen LogP contribution in [0.1, 0.15) is 19.3 Å². The van der Waals surface area contributed by atoms with Crippen LogP contribution < -0.4 is 4.74 Å². The van der Waals surface area contributed by atoms with E-state index >= 15 is 0 Å². The summed E-state index contributed by atoms with van der Waals surface area (Å²) in [5.41, 5.74) is 1.94. The summed E-state index contributed by atoms with van der Waals surface area (Å²) in [7, 11) is 0. The highest BCUT2D eigenvalue weighted by molar-refractivity contribution is 5.60. The standard InChI is InChI=1S/C19H24N2O2/c22-17(14-21-11-4-1-5-12-21)15-23-18-8-6-7-16(13-18)19-9-2-3-10-20-19/h2-3,6-10,13,17,22H,1,4-5,11-12,14-15H2. The molecule has 4 nitrogen and oxygen atoms in total. The fourth-order valence-electron chi connectivity index (χ4n) is 2.96. The minimum Gasteiger partial charge on any atom is -0.491 e. The first-order valence-corrected chi connectivity index (χ1v) is 8.36. The van der Waals surface area contributed by atoms with Crippen molar-refractivity contribution >= 4 is 0 Å². The number of aliphatic hydroxyl groups is 1. The quantitative estimate of drug-likeness (QED) is 0.891. The fraction of sp³-hybridized carbons (Fsp3) is 0.421. The lowest BCUT2D eigenvalue weighted by atomic mass is 10.1. The predicted octanol–water partition coefficient (Wildman–Crippen LogP) is 2.97. The predicted molar refractivity (Wildman–Crippen MR) is 91.5 cm³/mol. The van der Waals surface area contributed by atoms with Crippen molar-refractivity contribution in [1.82, 2.24) is 9.88 Å². The molecule has 0 radical (unpaired) electrons. The van der Waals surface area contributed by atoms with Gasteiger partial charge < -0.3 is 14.7 Å². The molecule has 1 atom stereocenters. The smallest absolute Gasteiger partial charge is 0.120 e. The van der Waals surface area contributed by atoms with Crippen LogP contribution >= 0.6 is 0 Å². The van der Waals surface area contributed by atoms with Gasteiger partial charge in [0.25, 0.3) is 0 Å². The van der Waals surface area contributed by atoms with Crippen LogP contribution in [-0.2, 0) is 0 Å². The summed E-state index contributed by atoms with van der Waals surface area (Å²) < 4.78 is 5.77. The minimum absolute atomic E-state index is 0.322. The van der Waals surface area contributed by atoms with Gasteiger partial charge in [0.15, 0.2) is 0 Å². The van der Waals surface area contributed by atoms with E-state index in [-0.39, 0.29) is 0 Å². The second kappa shape index (κ2) is 8.09. The summed E-state index contributed by atoms with van der Waals surface area (Å²) in [4.78, 5) is 6.67. The molecule has 1 aliphatic heterocycles. The SMILES string of the molecule is OC(COc1cccc(-c2ccccn2)c1)CN1CCCCC1. The van der Waals surface area contributed by atoms with E-state index in [0.717, 1.165) is 30.1 Å². The maximum atomic E-state index is 10.2. The Labute approximate surface area is 137 Å². The summed E-state index contributed by atoms with van der Waals surface area (Å²) in [6.45, 7) is 3.19. The van der Waals surface area contributed by atoms with E-state index < -0.39 is 6.10 Å². The van der Waals surface area contributed by atoms with Crippen molar-refractivity contribution in [3.05, 3.63) is 48.7 Å². The lowest BCUT2D eigenvalue weighted by molar-refractivity contribution is 0.0617. The zero-order chi connectivity index (χ0) is 15.9. The van der Waals surface area contributed by atoms with Gasteiger partial charge in [-0.05, 0) is 50.2 Å². The molecule has 23 heavy (non-hydrogen) atoms. The molecule has 1 aromatic carbocycles. The molecule has 0 amide bonds. The lowest BCUT2D eigenvalue weighted by Crippen LogP contribution is -2.38. The number of pyridine rings is 1. The van der Waals surface area contributed by atoms with Gasteiger partial charge in [0.2, 0.25) is 0 Å². The molecular formula is C19H24N2O2. The minimum atomic E-state index is -0.452. The summed E-state index contributed by atoms with van der Waals surface area (Å²) in [6, 6.07) is 13.7. The van der Waals surface area contributed by atoms with E-state index in [1.54, 1.807) is 6.20 Å². The van der Waals surface area contributed by atoms with Crippen molar-refractivity contribution < 1.29 is 9.84 Å². The Morgan fingerprint density at radius 1 is 1.09 bits per heavy atom. The summed E-state index contributed by atoms with van der Waals surface area (Å²) in [6.07, 6.45) is 5.11. The normalized spacial score (nSPS) is 16.9. The molecule has 1 aromatic heterocycles. The van der Waals surface area contributed by atoms with Crippen molar-refractivity contribution in [2.24, 2.45) is 0 Å². The molecule has 1 unspecified atom stereocenters. The van der Waals surface area contributed by atoms with E-state index in [4.69, 9.17) is 4.74 Å². The molecule has 1 N–H and O–H groups in total. The van der Waals surface area contributed by atoms with Gasteiger partial charge in [-0.15, -0.1) is 0 Å². The number of β-amino-alcohol motifs (C(OH)–C–C–N with tert-alkyl or cyclic N) is 1. The Kier molecular flexibility index (Phi) is 5.61. The van der Waals surface area contributed by atoms with Gasteiger partial charge in [-0.1, -0.05) is 24.6 Å². The van der Waals surface area contributed by atoms with Crippen molar-refractivity contribution in [3.8, 4) is 17.0 Å². The Hall–Kier alpha value is -1.91. The van der Waals surface area contributed by atoms with Gasteiger partial charge in [0, 0.05) is 18.3 Å². The average Bonchev–Trinajstić information content (AvgIpc) is 2.62. The lowest BCUT2D eigenvalue weighted by Gasteiger charge is -2.28. The molecule has 0 aliphatic carbocycles. The molecule has 122 valence electrons. The topological polar surface area (TPSA) is 45.6 Å². The first-order chi connectivity index (χ1) is 11.3. The van der Waals surface area contributed by atoms with Crippen molar-refractivity contribution in [1.29, 1.82) is 0 Å². The van der Waals surface area contributed by atoms with Crippen LogP contribution in [0.15, 0.2) is 48.7 Å². The largest absolute Gasteiger partial charge is 0.491 e. The highest BCUT2D eigenvalue weighted by Crippen LogP contribution is 2.22. The molecule has 3 rings (SSSR count). The number of hydrogen-bond acceptors (Lipinski definition) is 4. The van der Waals surface area contributed by atoms with Crippen LogP contribution in [0, 0.1) is 0 Å². The van der Waals surface area contributed by atoms with Crippen molar-refractivity contribution in [2.45, 2.75) is 25.4 Å². The molecule has 4 heteroatoms. The van der Waals surface area contributed by atoms with Crippen LogP contribution in [0.25, 0.3) is 11.3 Å². The highest BCUT2D eigenvalue weighted by atomic mass is 16.5. The number of hydrogen-bond donors (Lipinski definition) is 1. The molecule has 1 aliphatic rings. The summed E-state index contributed by atoms with van der Waals surface area (Å²) in [5.74, 6) is 0.769. The van der Waals surface area contributed by atoms with Crippen LogP contribution in [0.5, 0.6) is 5.75 Å². The molecule has 0 spiro atoms. The van der Waals surface area contributed by atoms with E-state index in [1.807, 2.05) is 42.5 Å². The van der Waals surface area contributed by atoms with Gasteiger partial charge in [-0.2, -0.15) is 0 Å². The number of ether oxygens (including phenoxy) is 1. The molecule has 2 heterocycles. The van der Waals surface area contributed by atoms with E-state index in [0.29, 0.717) is 13.2 Å². The summed E-state index contributed by atoms with van der Waals surface area (Å²) >= 11 is 0. The van der Waals surface area contributed by atoms with Crippen LogP contribution in [0.2, 0.25) is 0 Å². The Morgan fingerprint density at radius 2 is 1.96 bits per heavy atom. The molecule has 1 saturated heterocycles. The number of nitrogens with zero attached hydrogens (tertiary/aromatic N) is 2. The second-order valence-electron chi connectivity index (χ2n) is 6.07. The zero-order valence-corrected chi connectivity index (χ0v) is 13.4. The third-order valence-electron chi connectivity index (χ3n) is 4.15. The average molecular weight is 312 g/mol. The van der Waals surface area contributed by atoms with Crippen LogP contribution in [-0.4, -0.2) is 47.3 Å². The molecular weight excluding hydrogens is 288 g/mol. The van der Waals surface area contributed by atoms with E-state index in [2.05, 4.69) is 9.88 Å². The number of aliphatic hydroxyl groups excluding tert-OH is 1. The first-order valence-electron chi connectivity index (χ1n) is 8.36. The van der Waals surface area contributed by atoms with Gasteiger partial charge in [-0.3, -0.25) is 4.98 Å². The Bertz CT molecular complexity index is 597. The van der Waals surface area contributed by atoms with Gasteiger partial charge in [0.05, 0.1) is 5.69 Å². The van der Waals surface area contributed by atoms with Crippen LogP contribution in [0.3, 0.4) is 0 Å². The molecule has 0 saturated carbocycles. The van der Waals surface area contributed by atoms with E-state index in [1.165, 1.54) is 19.3 Å². The second-order valence-corrected chi connectivity index (χ2v) is 6.07. The van der Waals surface area contributed by atoms with Crippen molar-refractivity contribution in [3.63, 3.8) is 0 Å². The van der Waals surface area contributed by atoms with Gasteiger partial charge in [-0.25, -0.2) is 0 Å². The zero-order valence-electron chi connectivity index (χ0n) is 13.4. The maximum Gasteiger partial charge on any atom is 0.120 e. The third-order valence-corrected chi connectivity index (χ3v) is 4.15. The van der Waals surface area contributed by atoms with Gasteiger partial charge >= 0.3 is 0 Å².